The van der Waals surface area contributed by atoms with E-state index in [1.807, 2.05) is 98.6 Å². The number of nitrogens with zero attached hydrogens (tertiary/aromatic N) is 5. The van der Waals surface area contributed by atoms with Crippen LogP contribution in [0, 0.1) is 24.2 Å². The Bertz CT molecular complexity index is 3050. The summed E-state index contributed by atoms with van der Waals surface area (Å²) in [6, 6.07) is 16.7. The second kappa shape index (κ2) is 27.4. The number of aromatic nitrogens is 5. The van der Waals surface area contributed by atoms with E-state index in [9.17, 15) is 29.1 Å². The van der Waals surface area contributed by atoms with Gasteiger partial charge in [0.05, 0.1) is 85.8 Å². The zero-order valence-corrected chi connectivity index (χ0v) is 45.9. The summed E-state index contributed by atoms with van der Waals surface area (Å²) in [5.41, 5.74) is 13.3. The third-order valence-electron chi connectivity index (χ3n) is 14.5. The monoisotopic (exact) mass is 1090 g/mol. The molecule has 7 N–H and O–H groups in total. The van der Waals surface area contributed by atoms with Crippen molar-refractivity contribution in [2.24, 2.45) is 23.0 Å². The third-order valence-corrected chi connectivity index (χ3v) is 15.5. The number of fused-ring (bicyclic) bond motifs is 2. The Hall–Kier alpha value is -6.46. The number of amides is 3. The Labute approximate surface area is 458 Å². The number of likely N-dealkylation sites (tertiary alicyclic amines) is 1. The van der Waals surface area contributed by atoms with Crippen LogP contribution in [0.3, 0.4) is 0 Å². The van der Waals surface area contributed by atoms with Gasteiger partial charge in [-0.2, -0.15) is 0 Å². The van der Waals surface area contributed by atoms with Gasteiger partial charge >= 0.3 is 0 Å². The first kappa shape index (κ1) is 57.7. The number of β-amino-alcohol motifs (C(OH)–C–C–N with tert-alkyl or cyclic N) is 1. The molecular formula is C57H74N10O10S. The predicted octanol–water partition coefficient (Wildman–Crippen LogP) is 5.59. The van der Waals surface area contributed by atoms with E-state index in [1.54, 1.807) is 11.3 Å². The highest BCUT2D eigenvalue weighted by Crippen LogP contribution is 2.35. The van der Waals surface area contributed by atoms with Gasteiger partial charge in [-0.1, -0.05) is 63.9 Å². The normalized spacial score (nSPS) is 18.1. The number of pyridine rings is 1. The molecule has 2 aliphatic rings. The number of anilines is 2. The Balaban J connectivity index is 0.678. The number of nitrogens with two attached hydrogens (primary N) is 1. The molecule has 2 fully saturated rings. The largest absolute Gasteiger partial charge is 0.391 e. The van der Waals surface area contributed by atoms with Gasteiger partial charge in [0.15, 0.2) is 5.78 Å². The van der Waals surface area contributed by atoms with Gasteiger partial charge in [-0.25, -0.2) is 15.0 Å². The summed E-state index contributed by atoms with van der Waals surface area (Å²) in [7, 11) is 0. The summed E-state index contributed by atoms with van der Waals surface area (Å²) in [5.74, 6) is -1.12. The number of aliphatic hydroxyl groups excluding tert-OH is 1. The van der Waals surface area contributed by atoms with Gasteiger partial charge in [0.1, 0.15) is 30.4 Å². The third kappa shape index (κ3) is 15.4. The number of hydrogen-bond acceptors (Lipinski definition) is 16. The van der Waals surface area contributed by atoms with Crippen LogP contribution in [0.2, 0.25) is 0 Å². The molecule has 0 radical (unpaired) electrons. The minimum absolute atomic E-state index is 0.0116. The summed E-state index contributed by atoms with van der Waals surface area (Å²) >= 11 is 1.57. The summed E-state index contributed by atoms with van der Waals surface area (Å²) in [6.07, 6.45) is 7.48. The number of H-pyrrole nitrogens is 1. The van der Waals surface area contributed by atoms with Gasteiger partial charge in [-0.3, -0.25) is 24.0 Å². The van der Waals surface area contributed by atoms with Gasteiger partial charge in [0.25, 0.3) is 5.56 Å². The second-order valence-electron chi connectivity index (χ2n) is 21.3. The van der Waals surface area contributed by atoms with Crippen LogP contribution in [-0.4, -0.2) is 142 Å². The number of Topliss-reactive ketones (excluding diaryl/α,β-unsaturated/α-hetero) is 1. The average Bonchev–Trinajstić information content (AvgIpc) is 4.22. The Morgan fingerprint density at radius 1 is 0.923 bits per heavy atom. The lowest BCUT2D eigenvalue weighted by molar-refractivity contribution is -0.146. The van der Waals surface area contributed by atoms with Crippen molar-refractivity contribution in [1.82, 2.24) is 40.0 Å². The molecule has 1 saturated heterocycles. The molecule has 5 atom stereocenters. The summed E-state index contributed by atoms with van der Waals surface area (Å²) in [6.45, 7) is 10.1. The topological polar surface area (TPSA) is 267 Å². The number of aliphatic hydroxyl groups is 1. The fourth-order valence-electron chi connectivity index (χ4n) is 10.2. The molecule has 0 unspecified atom stereocenters. The molecule has 8 rings (SSSR count). The maximum Gasteiger partial charge on any atom is 0.262 e. The number of benzene rings is 2. The van der Waals surface area contributed by atoms with E-state index in [2.05, 4.69) is 30.9 Å². The summed E-state index contributed by atoms with van der Waals surface area (Å²) in [5, 5.41) is 21.1. The minimum Gasteiger partial charge on any atom is -0.391 e. The maximum atomic E-state index is 14.0. The van der Waals surface area contributed by atoms with Gasteiger partial charge in [0, 0.05) is 67.4 Å². The fourth-order valence-corrected chi connectivity index (χ4v) is 11.0. The molecule has 78 heavy (non-hydrogen) atoms. The molecule has 6 aromatic rings. The number of carbonyl (C=O) groups is 4. The number of nitrogens with one attached hydrogen (secondary N) is 4. The smallest absolute Gasteiger partial charge is 0.262 e. The molecule has 2 aromatic carbocycles. The lowest BCUT2D eigenvalue weighted by atomic mass is 9.77. The molecular weight excluding hydrogens is 1020 g/mol. The van der Waals surface area contributed by atoms with Crippen LogP contribution in [0.4, 0.5) is 11.5 Å². The molecule has 5 heterocycles. The first-order valence-corrected chi connectivity index (χ1v) is 27.8. The van der Waals surface area contributed by atoms with Crippen LogP contribution in [0.15, 0.2) is 77.4 Å². The highest BCUT2D eigenvalue weighted by molar-refractivity contribution is 7.13. The highest BCUT2D eigenvalue weighted by Gasteiger charge is 2.44. The molecule has 0 bridgehead atoms. The van der Waals surface area contributed by atoms with Gasteiger partial charge in [-0.05, 0) is 72.9 Å². The zero-order valence-electron chi connectivity index (χ0n) is 45.1. The summed E-state index contributed by atoms with van der Waals surface area (Å²) in [4.78, 5) is 85.5. The van der Waals surface area contributed by atoms with Crippen LogP contribution in [0.1, 0.15) is 76.2 Å². The number of rotatable bonds is 27. The van der Waals surface area contributed by atoms with E-state index in [4.69, 9.17) is 29.7 Å². The molecule has 418 valence electrons. The van der Waals surface area contributed by atoms with Crippen molar-refractivity contribution in [3.8, 4) is 10.4 Å². The molecule has 0 spiro atoms. The number of thiazole rings is 1. The molecule has 1 aliphatic carbocycles. The molecule has 20 nitrogen and oxygen atoms in total. The Morgan fingerprint density at radius 2 is 1.65 bits per heavy atom. The van der Waals surface area contributed by atoms with Crippen molar-refractivity contribution in [1.29, 1.82) is 0 Å². The number of hydrogen-bond donors (Lipinski definition) is 6. The van der Waals surface area contributed by atoms with Crippen molar-refractivity contribution >= 4 is 68.2 Å². The second-order valence-corrected chi connectivity index (χ2v) is 22.1. The Kier molecular flexibility index (Phi) is 20.3. The lowest BCUT2D eigenvalue weighted by Crippen LogP contribution is -2.50. The summed E-state index contributed by atoms with van der Waals surface area (Å²) < 4.78 is 24.3. The predicted molar refractivity (Wildman–Crippen MR) is 298 cm³/mol. The van der Waals surface area contributed by atoms with E-state index in [1.165, 1.54) is 11.2 Å². The molecule has 3 amide bonds. The van der Waals surface area contributed by atoms with E-state index in [-0.39, 0.29) is 87.4 Å². The zero-order chi connectivity index (χ0) is 55.2. The highest BCUT2D eigenvalue weighted by atomic mass is 32.1. The van der Waals surface area contributed by atoms with Crippen LogP contribution in [0.5, 0.6) is 0 Å². The number of ether oxygens (including phenoxy) is 4. The molecule has 4 aromatic heterocycles. The molecule has 21 heteroatoms. The molecule has 1 saturated carbocycles. The van der Waals surface area contributed by atoms with Crippen molar-refractivity contribution in [3.05, 3.63) is 99.9 Å². The van der Waals surface area contributed by atoms with Crippen LogP contribution in [-0.2, 0) is 57.6 Å². The van der Waals surface area contributed by atoms with Gasteiger partial charge < -0.3 is 60.2 Å². The van der Waals surface area contributed by atoms with Crippen LogP contribution >= 0.6 is 11.3 Å². The van der Waals surface area contributed by atoms with Crippen molar-refractivity contribution in [2.75, 3.05) is 71.3 Å². The van der Waals surface area contributed by atoms with Gasteiger partial charge in [-0.15, -0.1) is 11.3 Å². The quantitative estimate of drug-likeness (QED) is 0.0343. The minimum atomic E-state index is -0.858. The van der Waals surface area contributed by atoms with E-state index >= 15 is 0 Å². The van der Waals surface area contributed by atoms with Crippen molar-refractivity contribution in [3.63, 3.8) is 0 Å². The SMILES string of the molecule is Cc1ncsc1-c1ccc(CNC(=O)[C@@H]2C[C@@H](O)CN2C(=O)[C@@H](CC(=O)COCCOCCOCCOCCNC(=O)Cn2ccc3c(Nc4nc(C[C@@H]5CCCC[C@@H]5N)cc5nc[nH]c(=O)c45)cccc32)C(C)(C)C)cc1. The van der Waals surface area contributed by atoms with Crippen LogP contribution < -0.4 is 27.2 Å². The van der Waals surface area contributed by atoms with E-state index in [0.29, 0.717) is 68.6 Å². The number of carbonyl (C=O) groups excluding carboxylic acids is 4. The van der Waals surface area contributed by atoms with Crippen molar-refractivity contribution < 1.29 is 43.2 Å². The molecule has 1 aliphatic heterocycles. The van der Waals surface area contributed by atoms with Gasteiger partial charge in [0.2, 0.25) is 17.7 Å². The first-order chi connectivity index (χ1) is 37.6. The van der Waals surface area contributed by atoms with E-state index < -0.39 is 23.5 Å². The number of aryl methyl sites for hydroxylation is 1. The fraction of sp³-hybridized carbons (Fsp3) is 0.509. The Morgan fingerprint density at radius 3 is 2.37 bits per heavy atom. The lowest BCUT2D eigenvalue weighted by Gasteiger charge is -2.34. The first-order valence-electron chi connectivity index (χ1n) is 27.0. The van der Waals surface area contributed by atoms with Crippen molar-refractivity contribution in [2.45, 2.75) is 104 Å². The average molecular weight is 1090 g/mol. The maximum absolute atomic E-state index is 14.0. The van der Waals surface area contributed by atoms with Crippen LogP contribution in [0.25, 0.3) is 32.2 Å². The number of ketones is 1. The van der Waals surface area contributed by atoms with E-state index in [0.717, 1.165) is 69.7 Å². The standard InChI is InChI=1S/C57H74N10O10S/c1-36-52(78-35-63-36)38-14-12-37(13-15-38)30-60-54(71)49-29-41(68)31-67(49)56(73)44(57(2,3)4)28-42(69)33-77-25-24-76-23-22-75-21-20-74-19-17-59-50(70)32-66-18-16-43-46(10-7-11-48(43)66)65-53-51-47(61-34-62-55(51)72)27-40(64-53)26-39-8-5-6-9-45(39)58/h7,10-16,18,27,34-35,39,41,44-45,49,68H,5-6,8-9,17,19-26,28-33,58H2,1-4H3,(H,59,70)(H,60,71)(H,64,65)(H,61,62,72)/t39-,41+,44+,45-,49-/m0/s1. The number of aromatic amines is 1.